The number of hydrogen-bond acceptors (Lipinski definition) is 3. The van der Waals surface area contributed by atoms with Crippen molar-refractivity contribution < 1.29 is 27.6 Å². The highest BCUT2D eigenvalue weighted by atomic mass is 19.4. The molecule has 0 radical (unpaired) electrons. The van der Waals surface area contributed by atoms with Gasteiger partial charge in [0, 0.05) is 19.5 Å². The van der Waals surface area contributed by atoms with Crippen molar-refractivity contribution in [2.24, 2.45) is 0 Å². The number of benzene rings is 1. The largest absolute Gasteiger partial charge is 0.416 e. The zero-order valence-electron chi connectivity index (χ0n) is 14.4. The second-order valence-electron chi connectivity index (χ2n) is 6.59. The lowest BCUT2D eigenvalue weighted by molar-refractivity contribution is -0.137. The zero-order chi connectivity index (χ0) is 19.5. The number of nitrogens with zero attached hydrogens (tertiary/aromatic N) is 1. The number of urea groups is 1. The number of halogens is 3. The third-order valence-corrected chi connectivity index (χ3v) is 3.97. The van der Waals surface area contributed by atoms with Crippen LogP contribution in [0.25, 0.3) is 0 Å². The SMILES string of the molecule is CC1(C)NC(=O)N(CCCC(=O)NCc2cccc(C(F)(F)F)c2)C1=O. The molecule has 142 valence electrons. The summed E-state index contributed by atoms with van der Waals surface area (Å²) in [5, 5.41) is 5.07. The number of rotatable bonds is 6. The summed E-state index contributed by atoms with van der Waals surface area (Å²) in [6.45, 7) is 3.26. The van der Waals surface area contributed by atoms with Gasteiger partial charge in [-0.15, -0.1) is 0 Å². The number of imide groups is 1. The van der Waals surface area contributed by atoms with E-state index in [9.17, 15) is 27.6 Å². The van der Waals surface area contributed by atoms with Crippen molar-refractivity contribution in [2.45, 2.75) is 44.9 Å². The van der Waals surface area contributed by atoms with Crippen molar-refractivity contribution >= 4 is 17.8 Å². The number of carbonyl (C=O) groups is 3. The van der Waals surface area contributed by atoms with Gasteiger partial charge < -0.3 is 10.6 Å². The molecule has 0 spiro atoms. The summed E-state index contributed by atoms with van der Waals surface area (Å²) < 4.78 is 37.9. The average Bonchev–Trinajstić information content (AvgIpc) is 2.74. The van der Waals surface area contributed by atoms with Gasteiger partial charge >= 0.3 is 12.2 Å². The van der Waals surface area contributed by atoms with E-state index in [0.29, 0.717) is 5.56 Å². The normalized spacial score (nSPS) is 16.6. The summed E-state index contributed by atoms with van der Waals surface area (Å²) in [7, 11) is 0. The summed E-state index contributed by atoms with van der Waals surface area (Å²) in [4.78, 5) is 36.6. The van der Waals surface area contributed by atoms with Gasteiger partial charge in [-0.3, -0.25) is 14.5 Å². The minimum Gasteiger partial charge on any atom is -0.352 e. The molecule has 0 atom stereocenters. The van der Waals surface area contributed by atoms with Crippen LogP contribution in [0.3, 0.4) is 0 Å². The monoisotopic (exact) mass is 371 g/mol. The Labute approximate surface area is 148 Å². The van der Waals surface area contributed by atoms with Gasteiger partial charge in [0.2, 0.25) is 5.91 Å². The van der Waals surface area contributed by atoms with Gasteiger partial charge in [0.15, 0.2) is 0 Å². The van der Waals surface area contributed by atoms with E-state index < -0.39 is 23.3 Å². The zero-order valence-corrected chi connectivity index (χ0v) is 14.4. The van der Waals surface area contributed by atoms with Crippen molar-refractivity contribution in [1.82, 2.24) is 15.5 Å². The van der Waals surface area contributed by atoms with Gasteiger partial charge in [0.25, 0.3) is 5.91 Å². The first-order valence-corrected chi connectivity index (χ1v) is 8.07. The average molecular weight is 371 g/mol. The van der Waals surface area contributed by atoms with Crippen LogP contribution >= 0.6 is 0 Å². The van der Waals surface area contributed by atoms with Crippen LogP contribution in [-0.4, -0.2) is 34.8 Å². The minimum absolute atomic E-state index is 0.0289. The second-order valence-corrected chi connectivity index (χ2v) is 6.59. The highest BCUT2D eigenvalue weighted by Gasteiger charge is 2.43. The van der Waals surface area contributed by atoms with Crippen LogP contribution in [0.4, 0.5) is 18.0 Å². The molecule has 1 saturated heterocycles. The molecule has 2 rings (SSSR count). The van der Waals surface area contributed by atoms with Gasteiger partial charge in [-0.2, -0.15) is 13.2 Å². The molecule has 0 bridgehead atoms. The summed E-state index contributed by atoms with van der Waals surface area (Å²) in [6, 6.07) is 4.22. The Hall–Kier alpha value is -2.58. The molecular weight excluding hydrogens is 351 g/mol. The second kappa shape index (κ2) is 7.35. The maximum Gasteiger partial charge on any atom is 0.416 e. The van der Waals surface area contributed by atoms with E-state index in [0.717, 1.165) is 17.0 Å². The van der Waals surface area contributed by atoms with Gasteiger partial charge in [0.1, 0.15) is 5.54 Å². The lowest BCUT2D eigenvalue weighted by Crippen LogP contribution is -2.40. The van der Waals surface area contributed by atoms with Gasteiger partial charge in [-0.05, 0) is 38.0 Å². The van der Waals surface area contributed by atoms with E-state index in [1.54, 1.807) is 13.8 Å². The molecule has 1 aliphatic rings. The Balaban J connectivity index is 1.78. The Morgan fingerprint density at radius 2 is 1.96 bits per heavy atom. The summed E-state index contributed by atoms with van der Waals surface area (Å²) in [5.74, 6) is -0.722. The highest BCUT2D eigenvalue weighted by Crippen LogP contribution is 2.29. The third kappa shape index (κ3) is 4.74. The van der Waals surface area contributed by atoms with Crippen molar-refractivity contribution in [2.75, 3.05) is 6.54 Å². The standard InChI is InChI=1S/C17H20F3N3O3/c1-16(2)14(25)23(15(26)22-16)8-4-7-13(24)21-10-11-5-3-6-12(9-11)17(18,19)20/h3,5-6,9H,4,7-8,10H2,1-2H3,(H,21,24)(H,22,26). The van der Waals surface area contributed by atoms with Crippen LogP contribution in [0.2, 0.25) is 0 Å². The first kappa shape index (κ1) is 19.7. The lowest BCUT2D eigenvalue weighted by atomic mass is 10.1. The molecule has 0 aromatic heterocycles. The van der Waals surface area contributed by atoms with Crippen LogP contribution in [0.5, 0.6) is 0 Å². The first-order valence-electron chi connectivity index (χ1n) is 8.07. The van der Waals surface area contributed by atoms with Crippen LogP contribution in [0.1, 0.15) is 37.8 Å². The molecule has 1 fully saturated rings. The van der Waals surface area contributed by atoms with Gasteiger partial charge in [-0.1, -0.05) is 12.1 Å². The quantitative estimate of drug-likeness (QED) is 0.754. The molecule has 0 saturated carbocycles. The number of carbonyl (C=O) groups excluding carboxylic acids is 3. The Morgan fingerprint density at radius 1 is 1.27 bits per heavy atom. The van der Waals surface area contributed by atoms with Crippen LogP contribution in [-0.2, 0) is 22.3 Å². The number of hydrogen-bond donors (Lipinski definition) is 2. The predicted octanol–water partition coefficient (Wildman–Crippen LogP) is 2.43. The number of alkyl halides is 3. The van der Waals surface area contributed by atoms with Crippen LogP contribution < -0.4 is 10.6 Å². The Bertz CT molecular complexity index is 717. The molecule has 0 unspecified atom stereocenters. The van der Waals surface area contributed by atoms with E-state index >= 15 is 0 Å². The van der Waals surface area contributed by atoms with Gasteiger partial charge in [0.05, 0.1) is 5.56 Å². The first-order chi connectivity index (χ1) is 12.0. The van der Waals surface area contributed by atoms with Crippen molar-refractivity contribution in [3.05, 3.63) is 35.4 Å². The lowest BCUT2D eigenvalue weighted by Gasteiger charge is -2.15. The fourth-order valence-corrected chi connectivity index (χ4v) is 2.57. The fraction of sp³-hybridized carbons (Fsp3) is 0.471. The topological polar surface area (TPSA) is 78.5 Å². The Morgan fingerprint density at radius 3 is 2.54 bits per heavy atom. The third-order valence-electron chi connectivity index (χ3n) is 3.97. The van der Waals surface area contributed by atoms with Crippen molar-refractivity contribution in [1.29, 1.82) is 0 Å². The number of nitrogens with one attached hydrogen (secondary N) is 2. The molecule has 2 N–H and O–H groups in total. The van der Waals surface area contributed by atoms with Crippen molar-refractivity contribution in [3.8, 4) is 0 Å². The maximum atomic E-state index is 12.6. The van der Waals surface area contributed by atoms with Crippen LogP contribution in [0, 0.1) is 0 Å². The molecule has 1 aliphatic heterocycles. The fourth-order valence-electron chi connectivity index (χ4n) is 2.57. The van der Waals surface area contributed by atoms with E-state index in [1.165, 1.54) is 12.1 Å². The summed E-state index contributed by atoms with van der Waals surface area (Å²) in [5.41, 5.74) is -1.39. The molecule has 0 aliphatic carbocycles. The van der Waals surface area contributed by atoms with Crippen molar-refractivity contribution in [3.63, 3.8) is 0 Å². The van der Waals surface area contributed by atoms with E-state index in [4.69, 9.17) is 0 Å². The highest BCUT2D eigenvalue weighted by molar-refractivity contribution is 6.06. The van der Waals surface area contributed by atoms with E-state index in [2.05, 4.69) is 10.6 Å². The molecule has 1 aromatic rings. The van der Waals surface area contributed by atoms with Crippen LogP contribution in [0.15, 0.2) is 24.3 Å². The molecule has 1 heterocycles. The smallest absolute Gasteiger partial charge is 0.352 e. The summed E-state index contributed by atoms with van der Waals surface area (Å²) in [6.07, 6.45) is -4.11. The molecule has 4 amide bonds. The Kier molecular flexibility index (Phi) is 5.58. The maximum absolute atomic E-state index is 12.6. The van der Waals surface area contributed by atoms with E-state index in [1.807, 2.05) is 0 Å². The molecular formula is C17H20F3N3O3. The molecule has 9 heteroatoms. The predicted molar refractivity (Wildman–Crippen MR) is 86.8 cm³/mol. The summed E-state index contributed by atoms with van der Waals surface area (Å²) >= 11 is 0. The minimum atomic E-state index is -4.43. The van der Waals surface area contributed by atoms with Gasteiger partial charge in [-0.25, -0.2) is 4.79 Å². The number of amides is 4. The molecule has 1 aromatic carbocycles. The van der Waals surface area contributed by atoms with E-state index in [-0.39, 0.29) is 37.7 Å². The molecule has 6 nitrogen and oxygen atoms in total. The molecule has 26 heavy (non-hydrogen) atoms.